The van der Waals surface area contributed by atoms with E-state index >= 15 is 0 Å². The van der Waals surface area contributed by atoms with Gasteiger partial charge in [0, 0.05) is 60.4 Å². The summed E-state index contributed by atoms with van der Waals surface area (Å²) in [6.07, 6.45) is 5.46. The van der Waals surface area contributed by atoms with Crippen molar-refractivity contribution in [3.63, 3.8) is 0 Å². The second-order valence-corrected chi connectivity index (χ2v) is 10.3. The highest BCUT2D eigenvalue weighted by molar-refractivity contribution is 5.97. The number of likely N-dealkylation sites (N-methyl/N-ethyl adjacent to an activating group) is 1. The summed E-state index contributed by atoms with van der Waals surface area (Å²) in [4.78, 5) is 19.4. The van der Waals surface area contributed by atoms with Crippen LogP contribution in [0.2, 0.25) is 0 Å². The molecule has 208 valence electrons. The van der Waals surface area contributed by atoms with Crippen LogP contribution in [-0.2, 0) is 6.54 Å². The highest BCUT2D eigenvalue weighted by atomic mass is 19.1. The average molecular weight is 550 g/mol. The molecule has 6 rings (SSSR count). The molecule has 0 bridgehead atoms. The third-order valence-electron chi connectivity index (χ3n) is 6.95. The molecule has 0 aliphatic heterocycles. The number of imidazole rings is 1. The molecule has 0 saturated heterocycles. The zero-order valence-corrected chi connectivity index (χ0v) is 23.3. The van der Waals surface area contributed by atoms with Gasteiger partial charge in [-0.3, -0.25) is 15.1 Å². The monoisotopic (exact) mass is 549 g/mol. The number of nitrogens with zero attached hydrogens (tertiary/aromatic N) is 5. The fourth-order valence-electron chi connectivity index (χ4n) is 4.90. The van der Waals surface area contributed by atoms with Crippen molar-refractivity contribution in [2.45, 2.75) is 13.5 Å². The Bertz CT molecular complexity index is 1820. The first-order chi connectivity index (χ1) is 20.0. The molecule has 4 aromatic heterocycles. The van der Waals surface area contributed by atoms with Gasteiger partial charge in [0.2, 0.25) is 0 Å². The third kappa shape index (κ3) is 5.65. The van der Waals surface area contributed by atoms with Gasteiger partial charge in [-0.2, -0.15) is 5.10 Å². The van der Waals surface area contributed by atoms with E-state index in [-0.39, 0.29) is 5.82 Å². The number of nitrogens with one attached hydrogen (secondary N) is 4. The minimum Gasteiger partial charge on any atom is -0.384 e. The van der Waals surface area contributed by atoms with E-state index in [9.17, 15) is 4.39 Å². The van der Waals surface area contributed by atoms with Gasteiger partial charge in [0.25, 0.3) is 0 Å². The number of fused-ring (bicyclic) bond motifs is 2. The number of aromatic nitrogens is 6. The molecule has 10 heteroatoms. The van der Waals surface area contributed by atoms with E-state index in [2.05, 4.69) is 65.8 Å². The maximum Gasteiger partial charge on any atom is 0.159 e. The van der Waals surface area contributed by atoms with Crippen molar-refractivity contribution in [1.82, 2.24) is 40.3 Å². The predicted octanol–water partition coefficient (Wildman–Crippen LogP) is 5.45. The molecule has 41 heavy (non-hydrogen) atoms. The Morgan fingerprint density at radius 2 is 1.83 bits per heavy atom. The summed E-state index contributed by atoms with van der Waals surface area (Å²) in [6.45, 7) is 5.29. The summed E-state index contributed by atoms with van der Waals surface area (Å²) in [5.74, 6) is 0.275. The Hall–Kier alpha value is -4.67. The van der Waals surface area contributed by atoms with Gasteiger partial charge in [0.1, 0.15) is 17.0 Å². The first kappa shape index (κ1) is 26.5. The molecule has 0 amide bonds. The summed E-state index contributed by atoms with van der Waals surface area (Å²) in [5, 5.41) is 15.3. The molecule has 0 atom stereocenters. The van der Waals surface area contributed by atoms with Crippen LogP contribution in [0.15, 0.2) is 67.1 Å². The predicted molar refractivity (Wildman–Crippen MR) is 162 cm³/mol. The zero-order valence-electron chi connectivity index (χ0n) is 23.3. The van der Waals surface area contributed by atoms with Gasteiger partial charge in [-0.05, 0) is 74.2 Å². The van der Waals surface area contributed by atoms with Crippen LogP contribution in [0.3, 0.4) is 0 Å². The van der Waals surface area contributed by atoms with Crippen molar-refractivity contribution in [3.05, 3.63) is 78.5 Å². The maximum atomic E-state index is 14.6. The quantitative estimate of drug-likeness (QED) is 0.180. The first-order valence-electron chi connectivity index (χ1n) is 13.7. The number of pyridine rings is 2. The van der Waals surface area contributed by atoms with E-state index in [0.717, 1.165) is 52.7 Å². The normalized spacial score (nSPS) is 11.6. The topological polar surface area (TPSA) is 110 Å². The Morgan fingerprint density at radius 1 is 0.927 bits per heavy atom. The van der Waals surface area contributed by atoms with Crippen LogP contribution in [0, 0.1) is 5.82 Å². The SMILES string of the molecule is CCNCc1cncc(-c2ccc3[nH]nc(-c4nc5c(-c6cc(F)cc(NCCN(C)C)c6)nccc5[nH]4)c3c2)c1. The van der Waals surface area contributed by atoms with Crippen molar-refractivity contribution in [2.24, 2.45) is 0 Å². The maximum absolute atomic E-state index is 14.6. The Labute approximate surface area is 237 Å². The lowest BCUT2D eigenvalue weighted by Crippen LogP contribution is -2.20. The van der Waals surface area contributed by atoms with E-state index in [4.69, 9.17) is 4.98 Å². The summed E-state index contributed by atoms with van der Waals surface area (Å²) >= 11 is 0. The van der Waals surface area contributed by atoms with E-state index < -0.39 is 0 Å². The molecule has 2 aromatic carbocycles. The van der Waals surface area contributed by atoms with Gasteiger partial charge in [-0.15, -0.1) is 0 Å². The van der Waals surface area contributed by atoms with Crippen LogP contribution in [0.5, 0.6) is 0 Å². The van der Waals surface area contributed by atoms with Crippen molar-refractivity contribution in [2.75, 3.05) is 39.0 Å². The highest BCUT2D eigenvalue weighted by Crippen LogP contribution is 2.33. The summed E-state index contributed by atoms with van der Waals surface area (Å²) in [6, 6.07) is 15.1. The second kappa shape index (κ2) is 11.4. The molecular formula is C31H32FN9. The van der Waals surface area contributed by atoms with Gasteiger partial charge in [0.05, 0.1) is 16.7 Å². The van der Waals surface area contributed by atoms with Gasteiger partial charge in [-0.25, -0.2) is 9.37 Å². The molecule has 0 aliphatic carbocycles. The number of hydrogen-bond acceptors (Lipinski definition) is 7. The van der Waals surface area contributed by atoms with Crippen molar-refractivity contribution < 1.29 is 4.39 Å². The van der Waals surface area contributed by atoms with Crippen molar-refractivity contribution in [3.8, 4) is 33.9 Å². The fourth-order valence-corrected chi connectivity index (χ4v) is 4.90. The Balaban J connectivity index is 1.37. The second-order valence-electron chi connectivity index (χ2n) is 10.3. The van der Waals surface area contributed by atoms with Gasteiger partial charge < -0.3 is 20.5 Å². The molecule has 0 saturated carbocycles. The zero-order chi connectivity index (χ0) is 28.3. The fraction of sp³-hybridized carbons (Fsp3) is 0.226. The molecule has 4 heterocycles. The van der Waals surface area contributed by atoms with Crippen LogP contribution in [0.25, 0.3) is 55.8 Å². The Morgan fingerprint density at radius 3 is 2.68 bits per heavy atom. The van der Waals surface area contributed by atoms with Crippen LogP contribution in [-0.4, -0.2) is 68.8 Å². The van der Waals surface area contributed by atoms with Crippen molar-refractivity contribution >= 4 is 27.6 Å². The van der Waals surface area contributed by atoms with Crippen LogP contribution in [0.1, 0.15) is 12.5 Å². The lowest BCUT2D eigenvalue weighted by molar-refractivity contribution is 0.425. The molecule has 0 unspecified atom stereocenters. The van der Waals surface area contributed by atoms with Crippen LogP contribution >= 0.6 is 0 Å². The van der Waals surface area contributed by atoms with Crippen LogP contribution in [0.4, 0.5) is 10.1 Å². The molecule has 9 nitrogen and oxygen atoms in total. The standard InChI is InChI=1S/C31H32FN9/c1-4-33-16-19-11-22(18-34-17-19)20-5-6-26-25(14-20)29(40-39-26)31-37-27-7-8-36-28(30(27)38-31)21-12-23(32)15-24(13-21)35-9-10-41(2)3/h5-8,11-15,17-18,33,35H,4,9-10,16H2,1-3H3,(H,37,38)(H,39,40). The number of aromatic amines is 2. The van der Waals surface area contributed by atoms with E-state index in [1.165, 1.54) is 12.1 Å². The van der Waals surface area contributed by atoms with Crippen LogP contribution < -0.4 is 10.6 Å². The number of halogens is 1. The van der Waals surface area contributed by atoms with E-state index in [1.54, 1.807) is 6.20 Å². The van der Waals surface area contributed by atoms with Gasteiger partial charge >= 0.3 is 0 Å². The number of rotatable bonds is 10. The molecule has 0 radical (unpaired) electrons. The number of anilines is 1. The van der Waals surface area contributed by atoms with Gasteiger partial charge in [0.15, 0.2) is 5.82 Å². The molecule has 6 aromatic rings. The molecular weight excluding hydrogens is 517 g/mol. The summed E-state index contributed by atoms with van der Waals surface area (Å²) in [5.41, 5.74) is 8.20. The number of benzene rings is 2. The van der Waals surface area contributed by atoms with Gasteiger partial charge in [-0.1, -0.05) is 13.0 Å². The first-order valence-corrected chi connectivity index (χ1v) is 13.7. The third-order valence-corrected chi connectivity index (χ3v) is 6.95. The number of hydrogen-bond donors (Lipinski definition) is 4. The molecule has 0 aliphatic rings. The molecule has 4 N–H and O–H groups in total. The minimum atomic E-state index is -0.334. The molecule has 0 spiro atoms. The summed E-state index contributed by atoms with van der Waals surface area (Å²) in [7, 11) is 4.01. The molecule has 0 fully saturated rings. The van der Waals surface area contributed by atoms with E-state index in [1.807, 2.05) is 44.7 Å². The Kier molecular flexibility index (Phi) is 7.41. The smallest absolute Gasteiger partial charge is 0.159 e. The van der Waals surface area contributed by atoms with E-state index in [0.29, 0.717) is 40.5 Å². The average Bonchev–Trinajstić information content (AvgIpc) is 3.59. The number of H-pyrrole nitrogens is 2. The van der Waals surface area contributed by atoms with Crippen molar-refractivity contribution in [1.29, 1.82) is 0 Å². The minimum absolute atomic E-state index is 0.334. The highest BCUT2D eigenvalue weighted by Gasteiger charge is 2.17. The largest absolute Gasteiger partial charge is 0.384 e. The summed E-state index contributed by atoms with van der Waals surface area (Å²) < 4.78 is 14.6. The lowest BCUT2D eigenvalue weighted by Gasteiger charge is -2.12. The lowest BCUT2D eigenvalue weighted by atomic mass is 10.0.